The minimum Gasteiger partial charge on any atom is -0.349 e. The minimum absolute atomic E-state index is 0.0556. The SMILES string of the molecule is Cc1cccc([C@@H]2C[C@H]2C(=O)N[C@@H](C)c2ccc3[nH]c(=O)[nH]c3c2)c1. The molecule has 3 atom stereocenters. The van der Waals surface area contributed by atoms with Gasteiger partial charge in [-0.3, -0.25) is 4.79 Å². The third kappa shape index (κ3) is 3.09. The van der Waals surface area contributed by atoms with Crippen LogP contribution in [0.5, 0.6) is 0 Å². The number of hydrogen-bond donors (Lipinski definition) is 3. The molecule has 3 N–H and O–H groups in total. The first kappa shape index (κ1) is 15.7. The zero-order valence-corrected chi connectivity index (χ0v) is 14.3. The third-order valence-electron chi connectivity index (χ3n) is 5.00. The Labute approximate surface area is 145 Å². The first-order valence-corrected chi connectivity index (χ1v) is 8.60. The first-order chi connectivity index (χ1) is 12.0. The first-order valence-electron chi connectivity index (χ1n) is 8.60. The Hall–Kier alpha value is -2.82. The average Bonchev–Trinajstić information content (AvgIpc) is 3.29. The zero-order valence-electron chi connectivity index (χ0n) is 14.3. The second-order valence-corrected chi connectivity index (χ2v) is 6.98. The Morgan fingerprint density at radius 3 is 2.76 bits per heavy atom. The van der Waals surface area contributed by atoms with Gasteiger partial charge in [0.1, 0.15) is 0 Å². The van der Waals surface area contributed by atoms with Crippen LogP contribution in [0.1, 0.15) is 42.0 Å². The maximum absolute atomic E-state index is 12.6. The van der Waals surface area contributed by atoms with Crippen LogP contribution in [0.3, 0.4) is 0 Å². The highest BCUT2D eigenvalue weighted by Crippen LogP contribution is 2.47. The smallest absolute Gasteiger partial charge is 0.323 e. The summed E-state index contributed by atoms with van der Waals surface area (Å²) in [6.07, 6.45) is 0.909. The molecule has 1 aromatic heterocycles. The van der Waals surface area contributed by atoms with Crippen molar-refractivity contribution in [1.29, 1.82) is 0 Å². The van der Waals surface area contributed by atoms with Crippen LogP contribution >= 0.6 is 0 Å². The third-order valence-corrected chi connectivity index (χ3v) is 5.00. The Kier molecular flexibility index (Phi) is 3.71. The average molecular weight is 335 g/mol. The topological polar surface area (TPSA) is 77.8 Å². The number of H-pyrrole nitrogens is 2. The molecule has 1 aliphatic rings. The molecule has 25 heavy (non-hydrogen) atoms. The van der Waals surface area contributed by atoms with Crippen LogP contribution in [0, 0.1) is 12.8 Å². The fraction of sp³-hybridized carbons (Fsp3) is 0.300. The van der Waals surface area contributed by atoms with Crippen molar-refractivity contribution in [3.63, 3.8) is 0 Å². The predicted molar refractivity (Wildman–Crippen MR) is 97.5 cm³/mol. The van der Waals surface area contributed by atoms with Crippen molar-refractivity contribution in [1.82, 2.24) is 15.3 Å². The summed E-state index contributed by atoms with van der Waals surface area (Å²) in [6, 6.07) is 14.0. The summed E-state index contributed by atoms with van der Waals surface area (Å²) < 4.78 is 0. The lowest BCUT2D eigenvalue weighted by Crippen LogP contribution is -2.28. The van der Waals surface area contributed by atoms with Crippen LogP contribution in [0.25, 0.3) is 11.0 Å². The number of imidazole rings is 1. The Bertz CT molecular complexity index is 1000. The minimum atomic E-state index is -0.220. The highest BCUT2D eigenvalue weighted by Gasteiger charge is 2.44. The number of carbonyl (C=O) groups is 1. The molecule has 2 aromatic carbocycles. The molecule has 1 amide bonds. The van der Waals surface area contributed by atoms with E-state index >= 15 is 0 Å². The van der Waals surface area contributed by atoms with Gasteiger partial charge in [-0.1, -0.05) is 35.9 Å². The maximum atomic E-state index is 12.6. The van der Waals surface area contributed by atoms with E-state index in [1.807, 2.05) is 31.2 Å². The van der Waals surface area contributed by atoms with Crippen molar-refractivity contribution in [2.75, 3.05) is 0 Å². The van der Waals surface area contributed by atoms with Crippen molar-refractivity contribution < 1.29 is 4.79 Å². The molecule has 128 valence electrons. The number of benzene rings is 2. The molecule has 5 nitrogen and oxygen atoms in total. The van der Waals surface area contributed by atoms with E-state index in [4.69, 9.17) is 0 Å². The molecule has 0 saturated heterocycles. The molecule has 0 radical (unpaired) electrons. The summed E-state index contributed by atoms with van der Waals surface area (Å²) in [5, 5.41) is 3.10. The van der Waals surface area contributed by atoms with Gasteiger partial charge in [0, 0.05) is 5.92 Å². The molecule has 0 bridgehead atoms. The lowest BCUT2D eigenvalue weighted by molar-refractivity contribution is -0.123. The number of fused-ring (bicyclic) bond motifs is 1. The van der Waals surface area contributed by atoms with Gasteiger partial charge in [-0.15, -0.1) is 0 Å². The van der Waals surface area contributed by atoms with E-state index in [9.17, 15) is 9.59 Å². The van der Waals surface area contributed by atoms with E-state index in [1.165, 1.54) is 11.1 Å². The van der Waals surface area contributed by atoms with Crippen molar-refractivity contribution >= 4 is 16.9 Å². The van der Waals surface area contributed by atoms with Crippen LogP contribution in [-0.4, -0.2) is 15.9 Å². The van der Waals surface area contributed by atoms with Crippen LogP contribution in [0.15, 0.2) is 47.3 Å². The standard InChI is InChI=1S/C20H21N3O2/c1-11-4-3-5-14(8-11)15-10-16(15)19(24)21-12(2)13-6-7-17-18(9-13)23-20(25)22-17/h3-9,12,15-16H,10H2,1-2H3,(H,21,24)(H2,22,23,25)/t12-,15-,16+/m0/s1. The molecule has 1 aliphatic carbocycles. The van der Waals surface area contributed by atoms with Crippen molar-refractivity contribution in [3.8, 4) is 0 Å². The van der Waals surface area contributed by atoms with Gasteiger partial charge in [0.25, 0.3) is 0 Å². The number of hydrogen-bond acceptors (Lipinski definition) is 2. The number of carbonyl (C=O) groups excluding carboxylic acids is 1. The Morgan fingerprint density at radius 1 is 1.16 bits per heavy atom. The molecule has 4 rings (SSSR count). The van der Waals surface area contributed by atoms with Crippen LogP contribution in [-0.2, 0) is 4.79 Å². The highest BCUT2D eigenvalue weighted by molar-refractivity contribution is 5.83. The van der Waals surface area contributed by atoms with E-state index < -0.39 is 0 Å². The molecule has 1 fully saturated rings. The summed E-state index contributed by atoms with van der Waals surface area (Å²) in [6.45, 7) is 4.04. The van der Waals surface area contributed by atoms with E-state index in [0.29, 0.717) is 5.92 Å². The number of amides is 1. The summed E-state index contributed by atoms with van der Waals surface area (Å²) in [5.41, 5.74) is 4.76. The largest absolute Gasteiger partial charge is 0.349 e. The van der Waals surface area contributed by atoms with Gasteiger partial charge in [-0.2, -0.15) is 0 Å². The summed E-state index contributed by atoms with van der Waals surface area (Å²) >= 11 is 0. The molecular formula is C20H21N3O2. The van der Waals surface area contributed by atoms with Gasteiger partial charge >= 0.3 is 5.69 Å². The van der Waals surface area contributed by atoms with E-state index in [2.05, 4.69) is 40.4 Å². The molecule has 0 aliphatic heterocycles. The van der Waals surface area contributed by atoms with E-state index in [-0.39, 0.29) is 23.6 Å². The number of nitrogens with one attached hydrogen (secondary N) is 3. The van der Waals surface area contributed by atoms with E-state index in [1.54, 1.807) is 0 Å². The van der Waals surface area contributed by atoms with Crippen LogP contribution < -0.4 is 11.0 Å². The van der Waals surface area contributed by atoms with Gasteiger partial charge < -0.3 is 15.3 Å². The fourth-order valence-corrected chi connectivity index (χ4v) is 3.48. The molecular weight excluding hydrogens is 314 g/mol. The van der Waals surface area contributed by atoms with Crippen LogP contribution in [0.4, 0.5) is 0 Å². The van der Waals surface area contributed by atoms with Gasteiger partial charge in [0.2, 0.25) is 5.91 Å². The normalized spacial score (nSPS) is 20.4. The second-order valence-electron chi connectivity index (χ2n) is 6.98. The maximum Gasteiger partial charge on any atom is 0.323 e. The second kappa shape index (κ2) is 5.92. The fourth-order valence-electron chi connectivity index (χ4n) is 3.48. The highest BCUT2D eigenvalue weighted by atomic mass is 16.2. The zero-order chi connectivity index (χ0) is 17.6. The molecule has 5 heteroatoms. The van der Waals surface area contributed by atoms with E-state index in [0.717, 1.165) is 23.0 Å². The van der Waals surface area contributed by atoms with Crippen molar-refractivity contribution in [2.45, 2.75) is 32.2 Å². The van der Waals surface area contributed by atoms with Crippen molar-refractivity contribution in [3.05, 3.63) is 69.6 Å². The number of aryl methyl sites for hydroxylation is 1. The molecule has 1 heterocycles. The molecule has 0 spiro atoms. The summed E-state index contributed by atoms with van der Waals surface area (Å²) in [7, 11) is 0. The number of aromatic amines is 2. The Morgan fingerprint density at radius 2 is 1.96 bits per heavy atom. The predicted octanol–water partition coefficient (Wildman–Crippen LogP) is 3.15. The molecule has 0 unspecified atom stereocenters. The van der Waals surface area contributed by atoms with Gasteiger partial charge in [0.05, 0.1) is 17.1 Å². The lowest BCUT2D eigenvalue weighted by Gasteiger charge is -2.14. The van der Waals surface area contributed by atoms with Gasteiger partial charge in [-0.25, -0.2) is 4.79 Å². The molecule has 1 saturated carbocycles. The molecule has 3 aromatic rings. The number of rotatable bonds is 4. The monoisotopic (exact) mass is 335 g/mol. The van der Waals surface area contributed by atoms with Crippen molar-refractivity contribution in [2.24, 2.45) is 5.92 Å². The number of aromatic nitrogens is 2. The van der Waals surface area contributed by atoms with Gasteiger partial charge in [-0.05, 0) is 49.4 Å². The Balaban J connectivity index is 1.44. The lowest BCUT2D eigenvalue weighted by atomic mass is 10.1. The summed E-state index contributed by atoms with van der Waals surface area (Å²) in [5.74, 6) is 0.484. The van der Waals surface area contributed by atoms with Gasteiger partial charge in [0.15, 0.2) is 0 Å². The van der Waals surface area contributed by atoms with Crippen LogP contribution in [0.2, 0.25) is 0 Å². The summed E-state index contributed by atoms with van der Waals surface area (Å²) in [4.78, 5) is 29.4. The quantitative estimate of drug-likeness (QED) is 0.685.